The molecule has 0 aromatic heterocycles. The van der Waals surface area contributed by atoms with Gasteiger partial charge in [0.25, 0.3) is 0 Å². The molecule has 1 aliphatic carbocycles. The van der Waals surface area contributed by atoms with Crippen molar-refractivity contribution in [3.63, 3.8) is 0 Å². The highest BCUT2D eigenvalue weighted by Crippen LogP contribution is 2.60. The van der Waals surface area contributed by atoms with Gasteiger partial charge in [-0.3, -0.25) is 4.79 Å². The Labute approximate surface area is 175 Å². The van der Waals surface area contributed by atoms with Crippen LogP contribution < -0.4 is 0 Å². The Morgan fingerprint density at radius 3 is 2.00 bits per heavy atom. The number of ether oxygens (including phenoxy) is 2. The largest absolute Gasteiger partial charge is 0.461 e. The maximum absolute atomic E-state index is 14.8. The van der Waals surface area contributed by atoms with Crippen LogP contribution >= 0.6 is 23.2 Å². The molecule has 28 heavy (non-hydrogen) atoms. The van der Waals surface area contributed by atoms with Gasteiger partial charge in [0, 0.05) is 18.2 Å². The summed E-state index contributed by atoms with van der Waals surface area (Å²) in [5, 5.41) is 0. The number of halogens is 4. The van der Waals surface area contributed by atoms with Crippen molar-refractivity contribution >= 4 is 29.2 Å². The molecule has 0 aliphatic heterocycles. The summed E-state index contributed by atoms with van der Waals surface area (Å²) >= 11 is 11.4. The number of hydrogen-bond acceptors (Lipinski definition) is 3. The van der Waals surface area contributed by atoms with Crippen LogP contribution in [0.25, 0.3) is 0 Å². The molecule has 1 aromatic carbocycles. The number of carbonyl (C=O) groups excluding carboxylic acids is 1. The molecule has 0 unspecified atom stereocenters. The second kappa shape index (κ2) is 9.10. The van der Waals surface area contributed by atoms with E-state index >= 15 is 0 Å². The average molecular weight is 435 g/mol. The van der Waals surface area contributed by atoms with Crippen LogP contribution in [0.4, 0.5) is 8.78 Å². The van der Waals surface area contributed by atoms with Gasteiger partial charge in [0.05, 0.1) is 12.5 Å². The van der Waals surface area contributed by atoms with Gasteiger partial charge in [0.2, 0.25) is 0 Å². The minimum atomic E-state index is -0.633. The molecule has 1 fully saturated rings. The summed E-state index contributed by atoms with van der Waals surface area (Å²) in [4.78, 5) is 12.6. The van der Waals surface area contributed by atoms with E-state index in [1.54, 1.807) is 19.9 Å². The van der Waals surface area contributed by atoms with E-state index < -0.39 is 23.5 Å². The van der Waals surface area contributed by atoms with Crippen molar-refractivity contribution in [1.82, 2.24) is 0 Å². The van der Waals surface area contributed by atoms with E-state index in [1.165, 1.54) is 7.11 Å². The van der Waals surface area contributed by atoms with E-state index in [1.807, 2.05) is 13.8 Å². The molecule has 0 spiro atoms. The van der Waals surface area contributed by atoms with E-state index in [0.29, 0.717) is 29.5 Å². The number of allylic oxidation sites excluding steroid dienone is 1. The molecule has 0 heterocycles. The molecular weight excluding hydrogens is 409 g/mol. The summed E-state index contributed by atoms with van der Waals surface area (Å²) in [7, 11) is 1.39. The van der Waals surface area contributed by atoms with Crippen molar-refractivity contribution in [1.29, 1.82) is 0 Å². The first-order valence-corrected chi connectivity index (χ1v) is 10.1. The molecule has 0 bridgehead atoms. The van der Waals surface area contributed by atoms with Crippen molar-refractivity contribution in [3.8, 4) is 0 Å². The highest BCUT2D eigenvalue weighted by Gasteiger charge is 2.61. The number of rotatable bonds is 8. The third-order valence-electron chi connectivity index (χ3n) is 5.61. The van der Waals surface area contributed by atoms with E-state index in [4.69, 9.17) is 32.7 Å². The Balaban J connectivity index is 2.29. The Morgan fingerprint density at radius 1 is 1.04 bits per heavy atom. The molecule has 1 aliphatic rings. The fraction of sp³-hybridized carbons (Fsp3) is 0.571. The summed E-state index contributed by atoms with van der Waals surface area (Å²) in [6.45, 7) is 7.08. The van der Waals surface area contributed by atoms with Gasteiger partial charge in [-0.05, 0) is 41.4 Å². The first kappa shape index (κ1) is 23.1. The van der Waals surface area contributed by atoms with Gasteiger partial charge in [-0.2, -0.15) is 0 Å². The summed E-state index contributed by atoms with van der Waals surface area (Å²) in [5.41, 5.74) is 0.694. The first-order valence-electron chi connectivity index (χ1n) is 9.30. The number of hydrogen-bond donors (Lipinski definition) is 0. The van der Waals surface area contributed by atoms with Crippen molar-refractivity contribution < 1.29 is 23.0 Å². The summed E-state index contributed by atoms with van der Waals surface area (Å²) < 4.78 is 40.2. The smallest absolute Gasteiger partial charge is 0.310 e. The SMILES string of the molecule is CCc1c(F)c(COC)c(F)c(CC)c1COC(=O)[C@@H]1[C@@H](C=C(Cl)Cl)C1(C)C. The van der Waals surface area contributed by atoms with Gasteiger partial charge in [0.15, 0.2) is 0 Å². The lowest BCUT2D eigenvalue weighted by atomic mass is 9.93. The Bertz CT molecular complexity index is 755. The van der Waals surface area contributed by atoms with E-state index in [9.17, 15) is 13.6 Å². The van der Waals surface area contributed by atoms with Gasteiger partial charge >= 0.3 is 5.97 Å². The summed E-state index contributed by atoms with van der Waals surface area (Å²) in [6, 6.07) is 0. The van der Waals surface area contributed by atoms with Crippen LogP contribution in [0.5, 0.6) is 0 Å². The molecule has 2 rings (SSSR count). The zero-order chi connectivity index (χ0) is 21.2. The fourth-order valence-electron chi connectivity index (χ4n) is 3.90. The third-order valence-corrected chi connectivity index (χ3v) is 5.87. The van der Waals surface area contributed by atoms with Gasteiger partial charge in [-0.1, -0.05) is 50.9 Å². The fourth-order valence-corrected chi connectivity index (χ4v) is 4.17. The highest BCUT2D eigenvalue weighted by atomic mass is 35.5. The normalized spacial score (nSPS) is 20.0. The van der Waals surface area contributed by atoms with Crippen LogP contribution in [-0.4, -0.2) is 13.1 Å². The van der Waals surface area contributed by atoms with Crippen LogP contribution in [0.3, 0.4) is 0 Å². The lowest BCUT2D eigenvalue weighted by Crippen LogP contribution is -2.16. The molecule has 1 aromatic rings. The van der Waals surface area contributed by atoms with Crippen molar-refractivity contribution in [2.24, 2.45) is 17.3 Å². The second-order valence-electron chi connectivity index (χ2n) is 7.57. The number of esters is 1. The second-order valence-corrected chi connectivity index (χ2v) is 8.58. The van der Waals surface area contributed by atoms with Gasteiger partial charge in [0.1, 0.15) is 22.7 Å². The van der Waals surface area contributed by atoms with Crippen LogP contribution in [0.15, 0.2) is 10.6 Å². The molecule has 7 heteroatoms. The molecule has 2 atom stereocenters. The average Bonchev–Trinajstić information content (AvgIpc) is 3.15. The van der Waals surface area contributed by atoms with Crippen LogP contribution in [0.2, 0.25) is 0 Å². The van der Waals surface area contributed by atoms with Crippen molar-refractivity contribution in [2.45, 2.75) is 53.8 Å². The predicted molar refractivity (Wildman–Crippen MR) is 106 cm³/mol. The molecular formula is C21H26Cl2F2O3. The number of benzene rings is 1. The topological polar surface area (TPSA) is 35.5 Å². The molecule has 0 radical (unpaired) electrons. The van der Waals surface area contributed by atoms with E-state index in [0.717, 1.165) is 0 Å². The third kappa shape index (κ3) is 4.37. The molecule has 0 N–H and O–H groups in total. The van der Waals surface area contributed by atoms with E-state index in [2.05, 4.69) is 0 Å². The zero-order valence-corrected chi connectivity index (χ0v) is 18.3. The van der Waals surface area contributed by atoms with Crippen LogP contribution in [-0.2, 0) is 40.3 Å². The van der Waals surface area contributed by atoms with Crippen LogP contribution in [0.1, 0.15) is 49.9 Å². The predicted octanol–water partition coefficient (Wildman–Crippen LogP) is 5.87. The molecule has 3 nitrogen and oxygen atoms in total. The lowest BCUT2D eigenvalue weighted by Gasteiger charge is -2.19. The summed E-state index contributed by atoms with van der Waals surface area (Å²) in [6.07, 6.45) is 2.33. The Hall–Kier alpha value is -1.17. The Kier molecular flexibility index (Phi) is 7.51. The molecule has 1 saturated carbocycles. The van der Waals surface area contributed by atoms with Gasteiger partial charge < -0.3 is 9.47 Å². The van der Waals surface area contributed by atoms with Gasteiger partial charge in [-0.15, -0.1) is 0 Å². The number of methoxy groups -OCH3 is 1. The van der Waals surface area contributed by atoms with Crippen molar-refractivity contribution in [3.05, 3.63) is 44.5 Å². The van der Waals surface area contributed by atoms with Crippen molar-refractivity contribution in [2.75, 3.05) is 7.11 Å². The van der Waals surface area contributed by atoms with E-state index in [-0.39, 0.29) is 34.6 Å². The zero-order valence-electron chi connectivity index (χ0n) is 16.8. The highest BCUT2D eigenvalue weighted by molar-refractivity contribution is 6.55. The van der Waals surface area contributed by atoms with Crippen LogP contribution in [0, 0.1) is 28.9 Å². The molecule has 0 amide bonds. The maximum atomic E-state index is 14.8. The molecule has 0 saturated heterocycles. The number of carbonyl (C=O) groups is 1. The monoisotopic (exact) mass is 434 g/mol. The lowest BCUT2D eigenvalue weighted by molar-refractivity contribution is -0.147. The molecule has 156 valence electrons. The first-order chi connectivity index (χ1) is 13.1. The minimum absolute atomic E-state index is 0.0865. The maximum Gasteiger partial charge on any atom is 0.310 e. The Morgan fingerprint density at radius 2 is 1.57 bits per heavy atom. The quantitative estimate of drug-likeness (QED) is 0.479. The van der Waals surface area contributed by atoms with Gasteiger partial charge in [-0.25, -0.2) is 8.78 Å². The standard InChI is InChI=1S/C21H26Cl2F2O3/c1-6-11-13(12(7-2)19(25)14(9-27-5)18(11)24)10-28-20(26)17-15(8-16(22)23)21(17,3)4/h8,15,17H,6-7,9-10H2,1-5H3/t15-,17+/m1/s1. The summed E-state index contributed by atoms with van der Waals surface area (Å²) in [5.74, 6) is -2.21. The minimum Gasteiger partial charge on any atom is -0.461 e.